The Labute approximate surface area is 54.5 Å². The van der Waals surface area contributed by atoms with Crippen LogP contribution in [0.5, 0.6) is 0 Å². The Hall–Kier alpha value is -0.700. The minimum absolute atomic E-state index is 0.213. The number of fused-ring (bicyclic) bond motifs is 1. The molecule has 0 spiro atoms. The maximum Gasteiger partial charge on any atom is 0.0994 e. The summed E-state index contributed by atoms with van der Waals surface area (Å²) in [5.41, 5.74) is 5.73. The minimum Gasteiger partial charge on any atom is -0.382 e. The van der Waals surface area contributed by atoms with Gasteiger partial charge in [0.2, 0.25) is 0 Å². The van der Waals surface area contributed by atoms with Crippen molar-refractivity contribution >= 4 is 0 Å². The van der Waals surface area contributed by atoms with Gasteiger partial charge in [0.25, 0.3) is 0 Å². The molecule has 0 aliphatic carbocycles. The number of rotatable bonds is 0. The van der Waals surface area contributed by atoms with Gasteiger partial charge in [0.15, 0.2) is 0 Å². The molecule has 3 heteroatoms. The molecule has 0 saturated carbocycles. The van der Waals surface area contributed by atoms with E-state index in [9.17, 15) is 0 Å². The number of nitrogens with zero attached hydrogens (tertiary/aromatic N) is 1. The van der Waals surface area contributed by atoms with E-state index in [1.807, 2.05) is 12.4 Å². The summed E-state index contributed by atoms with van der Waals surface area (Å²) in [6.45, 7) is 2.17. The Balaban J connectivity index is 2.21. The van der Waals surface area contributed by atoms with Crippen LogP contribution >= 0.6 is 0 Å². The highest BCUT2D eigenvalue weighted by Crippen LogP contribution is 2.25. The second kappa shape index (κ2) is 1.42. The largest absolute Gasteiger partial charge is 0.382 e. The predicted molar refractivity (Wildman–Crippen MR) is 35.3 cm³/mol. The summed E-state index contributed by atoms with van der Waals surface area (Å²) in [4.78, 5) is 2.15. The third-order valence-electron chi connectivity index (χ3n) is 2.24. The molecule has 1 saturated heterocycles. The second-order valence-electron chi connectivity index (χ2n) is 2.69. The first kappa shape index (κ1) is 5.11. The summed E-state index contributed by atoms with van der Waals surface area (Å²) in [7, 11) is 0. The highest BCUT2D eigenvalue weighted by Gasteiger charge is 2.43. The average Bonchev–Trinajstić information content (AvgIpc) is 1.91. The first-order chi connectivity index (χ1) is 4.30. The molecule has 3 aliphatic rings. The van der Waals surface area contributed by atoms with E-state index >= 15 is 0 Å². The van der Waals surface area contributed by atoms with E-state index in [2.05, 4.69) is 17.1 Å². The van der Waals surface area contributed by atoms with Crippen LogP contribution in [0.3, 0.4) is 0 Å². The minimum atomic E-state index is 0.213. The van der Waals surface area contributed by atoms with Gasteiger partial charge >= 0.3 is 0 Å². The monoisotopic (exact) mass is 125 g/mol. The van der Waals surface area contributed by atoms with Crippen molar-refractivity contribution in [2.75, 3.05) is 0 Å². The quantitative estimate of drug-likeness (QED) is 0.455. The van der Waals surface area contributed by atoms with Crippen LogP contribution in [0.4, 0.5) is 0 Å². The normalized spacial score (nSPS) is 46.0. The molecular weight excluding hydrogens is 114 g/mol. The molecule has 0 amide bonds. The zero-order valence-electron chi connectivity index (χ0n) is 5.41. The van der Waals surface area contributed by atoms with Crippen LogP contribution in [0.1, 0.15) is 6.92 Å². The highest BCUT2D eigenvalue weighted by molar-refractivity contribution is 5.12. The zero-order chi connectivity index (χ0) is 6.43. The summed E-state index contributed by atoms with van der Waals surface area (Å²) in [6.07, 6.45) is 4.17. The van der Waals surface area contributed by atoms with Gasteiger partial charge in [-0.05, 0) is 6.92 Å². The molecule has 3 unspecified atom stereocenters. The number of hydrogen-bond donors (Lipinski definition) is 2. The number of nitrogens with one attached hydrogen (secondary N) is 1. The molecule has 0 aromatic rings. The van der Waals surface area contributed by atoms with Crippen LogP contribution in [0.25, 0.3) is 0 Å². The van der Waals surface area contributed by atoms with Gasteiger partial charge in [-0.15, -0.1) is 0 Å². The molecule has 3 rings (SSSR count). The predicted octanol–water partition coefficient (Wildman–Crippen LogP) is -0.582. The van der Waals surface area contributed by atoms with E-state index in [1.54, 1.807) is 0 Å². The smallest absolute Gasteiger partial charge is 0.0994 e. The van der Waals surface area contributed by atoms with Crippen molar-refractivity contribution in [1.29, 1.82) is 0 Å². The lowest BCUT2D eigenvalue weighted by atomic mass is 9.93. The Kier molecular flexibility index (Phi) is 0.805. The van der Waals surface area contributed by atoms with Gasteiger partial charge in [0, 0.05) is 12.4 Å². The fraction of sp³-hybridized carbons (Fsp3) is 0.667. The molecule has 3 atom stereocenters. The summed E-state index contributed by atoms with van der Waals surface area (Å²) < 4.78 is 0. The highest BCUT2D eigenvalue weighted by atomic mass is 15.4. The fourth-order valence-corrected chi connectivity index (χ4v) is 1.54. The van der Waals surface area contributed by atoms with Crippen molar-refractivity contribution in [1.82, 2.24) is 10.2 Å². The number of hydrogen-bond acceptors (Lipinski definition) is 3. The van der Waals surface area contributed by atoms with Crippen LogP contribution in [-0.2, 0) is 0 Å². The van der Waals surface area contributed by atoms with Gasteiger partial charge in [-0.1, -0.05) is 0 Å². The molecule has 0 aromatic heterocycles. The van der Waals surface area contributed by atoms with E-state index in [1.165, 1.54) is 0 Å². The molecule has 3 N–H and O–H groups in total. The Morgan fingerprint density at radius 3 is 2.67 bits per heavy atom. The molecule has 3 aliphatic heterocycles. The van der Waals surface area contributed by atoms with Crippen molar-refractivity contribution in [2.45, 2.75) is 25.2 Å². The van der Waals surface area contributed by atoms with Crippen molar-refractivity contribution in [3.63, 3.8) is 0 Å². The summed E-state index contributed by atoms with van der Waals surface area (Å²) in [5, 5.41) is 3.20. The summed E-state index contributed by atoms with van der Waals surface area (Å²) in [6, 6.07) is 1.07. The first-order valence-electron chi connectivity index (χ1n) is 3.26. The van der Waals surface area contributed by atoms with E-state index in [0.717, 1.165) is 0 Å². The van der Waals surface area contributed by atoms with Crippen molar-refractivity contribution in [2.24, 2.45) is 5.73 Å². The van der Waals surface area contributed by atoms with Crippen molar-refractivity contribution in [3.05, 3.63) is 12.4 Å². The molecule has 2 bridgehead atoms. The van der Waals surface area contributed by atoms with Crippen molar-refractivity contribution < 1.29 is 0 Å². The third-order valence-corrected chi connectivity index (χ3v) is 2.24. The molecule has 3 heterocycles. The van der Waals surface area contributed by atoms with Gasteiger partial charge in [0.1, 0.15) is 0 Å². The summed E-state index contributed by atoms with van der Waals surface area (Å²) >= 11 is 0. The lowest BCUT2D eigenvalue weighted by Crippen LogP contribution is -2.74. The maximum absolute atomic E-state index is 5.73. The van der Waals surface area contributed by atoms with Gasteiger partial charge in [-0.25, -0.2) is 0 Å². The van der Waals surface area contributed by atoms with Gasteiger partial charge in [0.05, 0.1) is 18.2 Å². The number of nitrogens with two attached hydrogens (primary N) is 1. The summed E-state index contributed by atoms with van der Waals surface area (Å²) in [5.74, 6) is 0. The average molecular weight is 125 g/mol. The van der Waals surface area contributed by atoms with Crippen LogP contribution in [0, 0.1) is 0 Å². The van der Waals surface area contributed by atoms with E-state index < -0.39 is 0 Å². The standard InChI is InChI=1S/C6H11N3/c1-4-5-6(7)9(4)3-2-8-5/h2-6,8H,7H2,1H3. The second-order valence-corrected chi connectivity index (χ2v) is 2.69. The lowest BCUT2D eigenvalue weighted by Gasteiger charge is -2.54. The van der Waals surface area contributed by atoms with Crippen LogP contribution in [0.2, 0.25) is 0 Å². The molecule has 9 heavy (non-hydrogen) atoms. The fourth-order valence-electron chi connectivity index (χ4n) is 1.54. The third kappa shape index (κ3) is 0.452. The van der Waals surface area contributed by atoms with Crippen molar-refractivity contribution in [3.8, 4) is 0 Å². The SMILES string of the molecule is CC1C2NC=CN1C2N. The molecular formula is C6H11N3. The van der Waals surface area contributed by atoms with E-state index in [0.29, 0.717) is 12.1 Å². The Morgan fingerprint density at radius 1 is 1.67 bits per heavy atom. The molecule has 50 valence electrons. The molecule has 0 aromatic carbocycles. The van der Waals surface area contributed by atoms with Gasteiger partial charge in [-0.2, -0.15) is 0 Å². The topological polar surface area (TPSA) is 41.3 Å². The van der Waals surface area contributed by atoms with Crippen LogP contribution in [0.15, 0.2) is 12.4 Å². The first-order valence-corrected chi connectivity index (χ1v) is 3.26. The lowest BCUT2D eigenvalue weighted by molar-refractivity contribution is 0.0244. The van der Waals surface area contributed by atoms with Crippen LogP contribution < -0.4 is 11.1 Å². The maximum atomic E-state index is 5.73. The van der Waals surface area contributed by atoms with Crippen LogP contribution in [-0.4, -0.2) is 23.1 Å². The zero-order valence-corrected chi connectivity index (χ0v) is 5.41. The molecule has 0 radical (unpaired) electrons. The Morgan fingerprint density at radius 2 is 2.44 bits per heavy atom. The van der Waals surface area contributed by atoms with E-state index in [-0.39, 0.29) is 6.17 Å². The van der Waals surface area contributed by atoms with E-state index in [4.69, 9.17) is 5.73 Å². The Bertz CT molecular complexity index is 144. The van der Waals surface area contributed by atoms with Gasteiger partial charge < -0.3 is 16.0 Å². The van der Waals surface area contributed by atoms with Gasteiger partial charge in [-0.3, -0.25) is 0 Å². The molecule has 3 nitrogen and oxygen atoms in total. The molecule has 1 fully saturated rings.